The number of nitrogens with one attached hydrogen (secondary N) is 1. The third-order valence-corrected chi connectivity index (χ3v) is 2.97. The van der Waals surface area contributed by atoms with Gasteiger partial charge in [0.1, 0.15) is 12.7 Å². The molecule has 1 aliphatic carbocycles. The van der Waals surface area contributed by atoms with E-state index >= 15 is 0 Å². The first-order valence-electron chi connectivity index (χ1n) is 5.49. The van der Waals surface area contributed by atoms with Gasteiger partial charge in [0, 0.05) is 6.04 Å². The van der Waals surface area contributed by atoms with Gasteiger partial charge < -0.3 is 5.32 Å². The van der Waals surface area contributed by atoms with Crippen LogP contribution in [0.5, 0.6) is 0 Å². The highest BCUT2D eigenvalue weighted by Crippen LogP contribution is 2.27. The number of aromatic nitrogens is 3. The summed E-state index contributed by atoms with van der Waals surface area (Å²) in [7, 11) is 0. The van der Waals surface area contributed by atoms with Gasteiger partial charge in [0.15, 0.2) is 0 Å². The molecule has 1 fully saturated rings. The molecule has 0 saturated heterocycles. The second-order valence-electron chi connectivity index (χ2n) is 3.89. The molecule has 2 unspecified atom stereocenters. The lowest BCUT2D eigenvalue weighted by Gasteiger charge is -2.31. The van der Waals surface area contributed by atoms with Crippen molar-refractivity contribution in [2.75, 3.05) is 6.54 Å². The third kappa shape index (κ3) is 1.95. The Labute approximate surface area is 84.7 Å². The summed E-state index contributed by atoms with van der Waals surface area (Å²) < 4.78 is 2.01. The van der Waals surface area contributed by atoms with Crippen molar-refractivity contribution in [1.82, 2.24) is 20.1 Å². The summed E-state index contributed by atoms with van der Waals surface area (Å²) in [5.41, 5.74) is 0. The minimum Gasteiger partial charge on any atom is -0.312 e. The topological polar surface area (TPSA) is 42.7 Å². The van der Waals surface area contributed by atoms with E-state index in [9.17, 15) is 0 Å². The second-order valence-corrected chi connectivity index (χ2v) is 3.89. The summed E-state index contributed by atoms with van der Waals surface area (Å²) >= 11 is 0. The number of rotatable bonds is 3. The van der Waals surface area contributed by atoms with Crippen LogP contribution in [-0.4, -0.2) is 27.4 Å². The van der Waals surface area contributed by atoms with E-state index in [1.807, 2.05) is 11.0 Å². The Morgan fingerprint density at radius 2 is 2.29 bits per heavy atom. The molecule has 0 spiro atoms. The molecule has 1 aliphatic rings. The van der Waals surface area contributed by atoms with Crippen molar-refractivity contribution in [2.24, 2.45) is 0 Å². The van der Waals surface area contributed by atoms with Crippen LogP contribution in [0.15, 0.2) is 12.7 Å². The molecule has 1 aromatic rings. The lowest BCUT2D eigenvalue weighted by Crippen LogP contribution is -2.39. The van der Waals surface area contributed by atoms with Crippen molar-refractivity contribution in [2.45, 2.75) is 44.7 Å². The molecule has 4 heteroatoms. The zero-order valence-electron chi connectivity index (χ0n) is 8.69. The lowest BCUT2D eigenvalue weighted by atomic mass is 9.90. The van der Waals surface area contributed by atoms with E-state index in [-0.39, 0.29) is 0 Å². The van der Waals surface area contributed by atoms with Crippen molar-refractivity contribution < 1.29 is 0 Å². The van der Waals surface area contributed by atoms with Crippen LogP contribution in [0.1, 0.15) is 38.6 Å². The molecule has 0 amide bonds. The molecular weight excluding hydrogens is 176 g/mol. The molecule has 1 aromatic heterocycles. The van der Waals surface area contributed by atoms with Crippen molar-refractivity contribution in [1.29, 1.82) is 0 Å². The van der Waals surface area contributed by atoms with E-state index in [4.69, 9.17) is 0 Å². The van der Waals surface area contributed by atoms with Crippen molar-refractivity contribution in [3.05, 3.63) is 12.7 Å². The van der Waals surface area contributed by atoms with Crippen LogP contribution in [0, 0.1) is 0 Å². The number of likely N-dealkylation sites (N-methyl/N-ethyl adjacent to an activating group) is 1. The Hall–Kier alpha value is -0.900. The highest BCUT2D eigenvalue weighted by molar-refractivity contribution is 4.84. The van der Waals surface area contributed by atoms with Crippen LogP contribution >= 0.6 is 0 Å². The summed E-state index contributed by atoms with van der Waals surface area (Å²) in [6.45, 7) is 3.20. The van der Waals surface area contributed by atoms with Gasteiger partial charge in [0.05, 0.1) is 6.04 Å². The fourth-order valence-corrected chi connectivity index (χ4v) is 2.32. The van der Waals surface area contributed by atoms with Crippen molar-refractivity contribution in [3.63, 3.8) is 0 Å². The Bertz CT molecular complexity index is 255. The maximum atomic E-state index is 4.24. The summed E-state index contributed by atoms with van der Waals surface area (Å²) in [5.74, 6) is 0. The Kier molecular flexibility index (Phi) is 3.14. The predicted molar refractivity (Wildman–Crippen MR) is 55.0 cm³/mol. The smallest absolute Gasteiger partial charge is 0.137 e. The molecular formula is C10H18N4. The largest absolute Gasteiger partial charge is 0.312 e. The van der Waals surface area contributed by atoms with Crippen LogP contribution in [-0.2, 0) is 0 Å². The van der Waals surface area contributed by atoms with Gasteiger partial charge in [-0.05, 0) is 19.4 Å². The predicted octanol–water partition coefficient (Wildman–Crippen LogP) is 1.37. The first-order valence-corrected chi connectivity index (χ1v) is 5.49. The van der Waals surface area contributed by atoms with Gasteiger partial charge in [0.25, 0.3) is 0 Å². The SMILES string of the molecule is CCNC1CCCCC1n1cncn1. The molecule has 4 nitrogen and oxygen atoms in total. The molecule has 2 atom stereocenters. The first-order chi connectivity index (χ1) is 6.92. The quantitative estimate of drug-likeness (QED) is 0.790. The van der Waals surface area contributed by atoms with Gasteiger partial charge in [-0.3, -0.25) is 0 Å². The van der Waals surface area contributed by atoms with E-state index < -0.39 is 0 Å². The summed E-state index contributed by atoms with van der Waals surface area (Å²) in [4.78, 5) is 4.02. The monoisotopic (exact) mass is 194 g/mol. The summed E-state index contributed by atoms with van der Waals surface area (Å²) in [6, 6.07) is 1.08. The molecule has 1 N–H and O–H groups in total. The molecule has 14 heavy (non-hydrogen) atoms. The Morgan fingerprint density at radius 1 is 1.43 bits per heavy atom. The van der Waals surface area contributed by atoms with Crippen molar-refractivity contribution >= 4 is 0 Å². The van der Waals surface area contributed by atoms with Gasteiger partial charge in [-0.2, -0.15) is 5.10 Å². The highest BCUT2D eigenvalue weighted by atomic mass is 15.3. The number of nitrogens with zero attached hydrogens (tertiary/aromatic N) is 3. The maximum Gasteiger partial charge on any atom is 0.137 e. The normalized spacial score (nSPS) is 27.8. The van der Waals surface area contributed by atoms with E-state index in [1.54, 1.807) is 6.33 Å². The summed E-state index contributed by atoms with van der Waals surface area (Å²) in [6.07, 6.45) is 8.59. The van der Waals surface area contributed by atoms with Gasteiger partial charge >= 0.3 is 0 Å². The lowest BCUT2D eigenvalue weighted by molar-refractivity contribution is 0.249. The minimum atomic E-state index is 0.506. The van der Waals surface area contributed by atoms with Crippen molar-refractivity contribution in [3.8, 4) is 0 Å². The first kappa shape index (κ1) is 9.65. The molecule has 78 valence electrons. The van der Waals surface area contributed by atoms with Crippen LogP contribution in [0.3, 0.4) is 0 Å². The van der Waals surface area contributed by atoms with Gasteiger partial charge in [0.2, 0.25) is 0 Å². The van der Waals surface area contributed by atoms with Gasteiger partial charge in [-0.25, -0.2) is 9.67 Å². The zero-order valence-corrected chi connectivity index (χ0v) is 8.69. The number of hydrogen-bond acceptors (Lipinski definition) is 3. The van der Waals surface area contributed by atoms with Gasteiger partial charge in [-0.15, -0.1) is 0 Å². The summed E-state index contributed by atoms with van der Waals surface area (Å²) in [5, 5.41) is 7.77. The fourth-order valence-electron chi connectivity index (χ4n) is 2.32. The highest BCUT2D eigenvalue weighted by Gasteiger charge is 2.25. The maximum absolute atomic E-state index is 4.24. The average molecular weight is 194 g/mol. The second kappa shape index (κ2) is 4.55. The molecule has 0 bridgehead atoms. The standard InChI is InChI=1S/C10H18N4/c1-2-12-9-5-3-4-6-10(9)14-8-11-7-13-14/h7-10,12H,2-6H2,1H3. The van der Waals surface area contributed by atoms with E-state index in [0.29, 0.717) is 12.1 Å². The number of hydrogen-bond donors (Lipinski definition) is 1. The van der Waals surface area contributed by atoms with Gasteiger partial charge in [-0.1, -0.05) is 19.8 Å². The molecule has 2 rings (SSSR count). The Morgan fingerprint density at radius 3 is 3.00 bits per heavy atom. The van der Waals surface area contributed by atoms with Crippen LogP contribution in [0.4, 0.5) is 0 Å². The average Bonchev–Trinajstić information content (AvgIpc) is 2.72. The van der Waals surface area contributed by atoms with E-state index in [1.165, 1.54) is 25.7 Å². The van der Waals surface area contributed by atoms with Crippen LogP contribution in [0.2, 0.25) is 0 Å². The minimum absolute atomic E-state index is 0.506. The third-order valence-electron chi connectivity index (χ3n) is 2.97. The Balaban J connectivity index is 2.06. The zero-order chi connectivity index (χ0) is 9.80. The molecule has 1 saturated carbocycles. The molecule has 0 radical (unpaired) electrons. The molecule has 0 aromatic carbocycles. The molecule has 0 aliphatic heterocycles. The molecule has 1 heterocycles. The van der Waals surface area contributed by atoms with Crippen LogP contribution in [0.25, 0.3) is 0 Å². The van der Waals surface area contributed by atoms with E-state index in [0.717, 1.165) is 6.54 Å². The van der Waals surface area contributed by atoms with E-state index in [2.05, 4.69) is 22.3 Å². The fraction of sp³-hybridized carbons (Fsp3) is 0.800. The van der Waals surface area contributed by atoms with Crippen LogP contribution < -0.4 is 5.32 Å².